The normalized spacial score (nSPS) is 20.4. The maximum atomic E-state index is 12.0. The molecule has 0 spiro atoms. The van der Waals surface area contributed by atoms with Gasteiger partial charge in [0.25, 0.3) is 0 Å². The molecule has 1 atom stereocenters. The van der Waals surface area contributed by atoms with Crippen LogP contribution < -0.4 is 10.1 Å². The van der Waals surface area contributed by atoms with E-state index in [2.05, 4.69) is 10.3 Å². The third-order valence-corrected chi connectivity index (χ3v) is 5.02. The van der Waals surface area contributed by atoms with Gasteiger partial charge in [0.2, 0.25) is 11.8 Å². The number of sulfone groups is 1. The number of rotatable bonds is 5. The van der Waals surface area contributed by atoms with Crippen LogP contribution in [0.4, 0.5) is 0 Å². The van der Waals surface area contributed by atoms with Gasteiger partial charge in [-0.3, -0.25) is 4.79 Å². The number of nitrogens with one attached hydrogen (secondary N) is 1. The van der Waals surface area contributed by atoms with Crippen LogP contribution in [0.25, 0.3) is 0 Å². The van der Waals surface area contributed by atoms with E-state index in [-0.39, 0.29) is 30.1 Å². The molecule has 1 saturated heterocycles. The van der Waals surface area contributed by atoms with Crippen LogP contribution in [0.15, 0.2) is 18.3 Å². The molecule has 7 heteroatoms. The van der Waals surface area contributed by atoms with E-state index in [0.717, 1.165) is 5.56 Å². The molecule has 1 aromatic rings. The summed E-state index contributed by atoms with van der Waals surface area (Å²) in [6, 6.07) is 3.60. The van der Waals surface area contributed by atoms with Gasteiger partial charge < -0.3 is 10.1 Å². The number of amides is 1. The summed E-state index contributed by atoms with van der Waals surface area (Å²) in [5.74, 6) is -0.135. The minimum Gasteiger partial charge on any atom is -0.475 e. The van der Waals surface area contributed by atoms with Gasteiger partial charge in [0, 0.05) is 18.3 Å². The van der Waals surface area contributed by atoms with Gasteiger partial charge in [-0.25, -0.2) is 13.4 Å². The van der Waals surface area contributed by atoms with Gasteiger partial charge in [-0.15, -0.1) is 0 Å². The molecule has 1 aliphatic heterocycles. The lowest BCUT2D eigenvalue weighted by molar-refractivity contribution is -0.124. The molecule has 1 aliphatic rings. The first-order valence-corrected chi connectivity index (χ1v) is 8.78. The first kappa shape index (κ1) is 15.8. The largest absolute Gasteiger partial charge is 0.475 e. The van der Waals surface area contributed by atoms with Crippen molar-refractivity contribution in [2.24, 2.45) is 5.92 Å². The van der Waals surface area contributed by atoms with Crippen molar-refractivity contribution in [3.8, 4) is 5.88 Å². The fourth-order valence-electron chi connectivity index (χ4n) is 2.22. The molecule has 1 N–H and O–H groups in total. The average Bonchev–Trinajstić information content (AvgIpc) is 2.77. The third kappa shape index (κ3) is 4.42. The Morgan fingerprint density at radius 3 is 2.90 bits per heavy atom. The highest BCUT2D eigenvalue weighted by molar-refractivity contribution is 7.91. The molecular formula is C14H20N2O4S. The van der Waals surface area contributed by atoms with E-state index in [1.807, 2.05) is 19.9 Å². The molecule has 0 aromatic carbocycles. The molecule has 1 amide bonds. The van der Waals surface area contributed by atoms with Gasteiger partial charge in [-0.2, -0.15) is 0 Å². The molecule has 116 valence electrons. The monoisotopic (exact) mass is 312 g/mol. The fraction of sp³-hybridized carbons (Fsp3) is 0.571. The Labute approximate surface area is 124 Å². The SMILES string of the molecule is CC(C)Oc1ncccc1CNC(=O)[C@H]1CCS(=O)(=O)C1. The molecular weight excluding hydrogens is 292 g/mol. The van der Waals surface area contributed by atoms with Crippen molar-refractivity contribution in [2.75, 3.05) is 11.5 Å². The van der Waals surface area contributed by atoms with E-state index in [1.54, 1.807) is 12.3 Å². The molecule has 0 aliphatic carbocycles. The molecule has 0 unspecified atom stereocenters. The molecule has 0 radical (unpaired) electrons. The van der Waals surface area contributed by atoms with Crippen molar-refractivity contribution >= 4 is 15.7 Å². The Morgan fingerprint density at radius 2 is 2.29 bits per heavy atom. The van der Waals surface area contributed by atoms with Crippen LogP contribution >= 0.6 is 0 Å². The zero-order valence-corrected chi connectivity index (χ0v) is 13.0. The predicted molar refractivity (Wildman–Crippen MR) is 78.6 cm³/mol. The van der Waals surface area contributed by atoms with E-state index in [4.69, 9.17) is 4.74 Å². The molecule has 2 heterocycles. The highest BCUT2D eigenvalue weighted by Gasteiger charge is 2.32. The fourth-order valence-corrected chi connectivity index (χ4v) is 3.96. The van der Waals surface area contributed by atoms with Crippen molar-refractivity contribution in [3.63, 3.8) is 0 Å². The Kier molecular flexibility index (Phi) is 4.82. The van der Waals surface area contributed by atoms with Crippen LogP contribution in [0.2, 0.25) is 0 Å². The van der Waals surface area contributed by atoms with Gasteiger partial charge in [-0.1, -0.05) is 6.07 Å². The third-order valence-electron chi connectivity index (χ3n) is 3.25. The van der Waals surface area contributed by atoms with Gasteiger partial charge in [0.05, 0.1) is 23.5 Å². The summed E-state index contributed by atoms with van der Waals surface area (Å²) in [5.41, 5.74) is 0.778. The van der Waals surface area contributed by atoms with Crippen LogP contribution in [0.1, 0.15) is 25.8 Å². The van der Waals surface area contributed by atoms with Crippen molar-refractivity contribution < 1.29 is 17.9 Å². The predicted octanol–water partition coefficient (Wildman–Crippen LogP) is 0.920. The zero-order chi connectivity index (χ0) is 15.5. The van der Waals surface area contributed by atoms with E-state index in [9.17, 15) is 13.2 Å². The maximum absolute atomic E-state index is 12.0. The van der Waals surface area contributed by atoms with E-state index in [1.165, 1.54) is 0 Å². The molecule has 0 bridgehead atoms. The quantitative estimate of drug-likeness (QED) is 0.874. The summed E-state index contributed by atoms with van der Waals surface area (Å²) in [5, 5.41) is 2.77. The van der Waals surface area contributed by atoms with Crippen molar-refractivity contribution in [3.05, 3.63) is 23.9 Å². The van der Waals surface area contributed by atoms with Gasteiger partial charge in [0.1, 0.15) is 0 Å². The summed E-state index contributed by atoms with van der Waals surface area (Å²) >= 11 is 0. The second kappa shape index (κ2) is 6.43. The summed E-state index contributed by atoms with van der Waals surface area (Å²) in [7, 11) is -3.05. The summed E-state index contributed by atoms with van der Waals surface area (Å²) in [6.07, 6.45) is 2.03. The second-order valence-corrected chi connectivity index (χ2v) is 7.68. The number of hydrogen-bond donors (Lipinski definition) is 1. The number of ether oxygens (including phenoxy) is 1. The first-order chi connectivity index (χ1) is 9.87. The average molecular weight is 312 g/mol. The van der Waals surface area contributed by atoms with Gasteiger partial charge >= 0.3 is 0 Å². The molecule has 2 rings (SSSR count). The van der Waals surface area contributed by atoms with Crippen LogP contribution in [-0.4, -0.2) is 36.9 Å². The van der Waals surface area contributed by atoms with Crippen LogP contribution in [-0.2, 0) is 21.2 Å². The minimum atomic E-state index is -3.05. The minimum absolute atomic E-state index is 0.00525. The molecule has 0 saturated carbocycles. The lowest BCUT2D eigenvalue weighted by Gasteiger charge is -2.14. The molecule has 21 heavy (non-hydrogen) atoms. The number of pyridine rings is 1. The number of aromatic nitrogens is 1. The number of nitrogens with zero attached hydrogens (tertiary/aromatic N) is 1. The Hall–Kier alpha value is -1.63. The second-order valence-electron chi connectivity index (χ2n) is 5.45. The van der Waals surface area contributed by atoms with Crippen LogP contribution in [0.3, 0.4) is 0 Å². The lowest BCUT2D eigenvalue weighted by atomic mass is 10.1. The van der Waals surface area contributed by atoms with Crippen molar-refractivity contribution in [1.29, 1.82) is 0 Å². The van der Waals surface area contributed by atoms with Crippen molar-refractivity contribution in [2.45, 2.75) is 32.9 Å². The maximum Gasteiger partial charge on any atom is 0.224 e. The molecule has 1 aromatic heterocycles. The van der Waals surface area contributed by atoms with E-state index in [0.29, 0.717) is 12.3 Å². The summed E-state index contributed by atoms with van der Waals surface area (Å²) in [6.45, 7) is 4.09. The number of carbonyl (C=O) groups excluding carboxylic acids is 1. The van der Waals surface area contributed by atoms with Crippen LogP contribution in [0, 0.1) is 5.92 Å². The molecule has 6 nitrogen and oxygen atoms in total. The highest BCUT2D eigenvalue weighted by atomic mass is 32.2. The number of carbonyl (C=O) groups is 1. The van der Waals surface area contributed by atoms with E-state index >= 15 is 0 Å². The summed E-state index contributed by atoms with van der Waals surface area (Å²) in [4.78, 5) is 16.2. The Balaban J connectivity index is 1.96. The standard InChI is InChI=1S/C14H20N2O4S/c1-10(2)20-14-11(4-3-6-15-14)8-16-13(17)12-5-7-21(18,19)9-12/h3-4,6,10,12H,5,7-9H2,1-2H3,(H,16,17)/t12-/m0/s1. The zero-order valence-electron chi connectivity index (χ0n) is 12.2. The van der Waals surface area contributed by atoms with E-state index < -0.39 is 15.8 Å². The smallest absolute Gasteiger partial charge is 0.224 e. The first-order valence-electron chi connectivity index (χ1n) is 6.96. The Bertz CT molecular complexity index is 613. The lowest BCUT2D eigenvalue weighted by Crippen LogP contribution is -2.31. The topological polar surface area (TPSA) is 85.4 Å². The molecule has 1 fully saturated rings. The number of hydrogen-bond acceptors (Lipinski definition) is 5. The van der Waals surface area contributed by atoms with Gasteiger partial charge in [-0.05, 0) is 26.3 Å². The van der Waals surface area contributed by atoms with Gasteiger partial charge in [0.15, 0.2) is 9.84 Å². The Morgan fingerprint density at radius 1 is 1.52 bits per heavy atom. The van der Waals surface area contributed by atoms with Crippen molar-refractivity contribution in [1.82, 2.24) is 10.3 Å². The summed E-state index contributed by atoms with van der Waals surface area (Å²) < 4.78 is 28.3. The van der Waals surface area contributed by atoms with Crippen LogP contribution in [0.5, 0.6) is 5.88 Å². The highest BCUT2D eigenvalue weighted by Crippen LogP contribution is 2.19.